The van der Waals surface area contributed by atoms with Gasteiger partial charge in [-0.1, -0.05) is 0 Å². The number of methoxy groups -OCH3 is 2. The van der Waals surface area contributed by atoms with E-state index in [-0.39, 0.29) is 5.91 Å². The van der Waals surface area contributed by atoms with Crippen LogP contribution in [-0.4, -0.2) is 41.9 Å². The smallest absolute Gasteiger partial charge is 0.274 e. The second-order valence-corrected chi connectivity index (χ2v) is 7.48. The van der Waals surface area contributed by atoms with E-state index in [0.29, 0.717) is 29.4 Å². The maximum absolute atomic E-state index is 13.8. The summed E-state index contributed by atoms with van der Waals surface area (Å²) in [4.78, 5) is 14.8. The van der Waals surface area contributed by atoms with Crippen LogP contribution in [0.4, 0.5) is 8.78 Å². The Labute approximate surface area is 179 Å². The third-order valence-electron chi connectivity index (χ3n) is 5.53. The largest absolute Gasteiger partial charge is 0.497 e. The van der Waals surface area contributed by atoms with E-state index in [0.717, 1.165) is 48.2 Å². The van der Waals surface area contributed by atoms with Gasteiger partial charge in [-0.25, -0.2) is 13.5 Å². The number of aromatic nitrogens is 2. The fourth-order valence-corrected chi connectivity index (χ4v) is 3.93. The molecule has 31 heavy (non-hydrogen) atoms. The molecule has 4 rings (SSSR count). The maximum Gasteiger partial charge on any atom is 0.274 e. The van der Waals surface area contributed by atoms with E-state index in [1.807, 2.05) is 12.1 Å². The van der Waals surface area contributed by atoms with Crippen LogP contribution in [0.5, 0.6) is 11.5 Å². The molecule has 2 aromatic carbocycles. The molecule has 0 saturated heterocycles. The van der Waals surface area contributed by atoms with Crippen molar-refractivity contribution in [2.45, 2.75) is 25.8 Å². The Balaban J connectivity index is 1.64. The van der Waals surface area contributed by atoms with Gasteiger partial charge < -0.3 is 14.4 Å². The molecule has 0 aliphatic heterocycles. The number of hydrogen-bond acceptors (Lipinski definition) is 4. The quantitative estimate of drug-likeness (QED) is 0.598. The van der Waals surface area contributed by atoms with Crippen molar-refractivity contribution < 1.29 is 23.0 Å². The van der Waals surface area contributed by atoms with Gasteiger partial charge in [0.2, 0.25) is 0 Å². The SMILES string of the molecule is COc1ccc(CN(C)C(=O)c2nn(-c3ccc(F)c(F)c3)c3c2CCC3)c(OC)c1. The van der Waals surface area contributed by atoms with Crippen molar-refractivity contribution in [1.29, 1.82) is 0 Å². The van der Waals surface area contributed by atoms with Crippen molar-refractivity contribution in [3.63, 3.8) is 0 Å². The number of halogens is 2. The van der Waals surface area contributed by atoms with Crippen LogP contribution in [0, 0.1) is 11.6 Å². The Morgan fingerprint density at radius 1 is 1.10 bits per heavy atom. The Hall–Kier alpha value is -3.42. The monoisotopic (exact) mass is 427 g/mol. The van der Waals surface area contributed by atoms with Gasteiger partial charge in [-0.3, -0.25) is 4.79 Å². The Morgan fingerprint density at radius 2 is 1.90 bits per heavy atom. The van der Waals surface area contributed by atoms with Gasteiger partial charge in [0.1, 0.15) is 11.5 Å². The third-order valence-corrected chi connectivity index (χ3v) is 5.53. The van der Waals surface area contributed by atoms with E-state index in [2.05, 4.69) is 5.10 Å². The highest BCUT2D eigenvalue weighted by molar-refractivity contribution is 5.94. The van der Waals surface area contributed by atoms with E-state index in [1.54, 1.807) is 36.9 Å². The standard InChI is InChI=1S/C23H23F2N3O3/c1-27(13-14-7-9-16(30-2)12-21(14)31-3)23(29)22-17-5-4-6-20(17)28(26-22)15-8-10-18(24)19(25)11-15/h7-12H,4-6,13H2,1-3H3. The van der Waals surface area contributed by atoms with Gasteiger partial charge in [-0.2, -0.15) is 5.10 Å². The third kappa shape index (κ3) is 3.85. The van der Waals surface area contributed by atoms with Gasteiger partial charge >= 0.3 is 0 Å². The molecule has 1 heterocycles. The number of carbonyl (C=O) groups excluding carboxylic acids is 1. The summed E-state index contributed by atoms with van der Waals surface area (Å²) in [5.74, 6) is -0.820. The van der Waals surface area contributed by atoms with Crippen LogP contribution in [0.3, 0.4) is 0 Å². The van der Waals surface area contributed by atoms with Gasteiger partial charge in [-0.15, -0.1) is 0 Å². The van der Waals surface area contributed by atoms with Gasteiger partial charge in [0.05, 0.1) is 19.9 Å². The van der Waals surface area contributed by atoms with Crippen molar-refractivity contribution in [1.82, 2.24) is 14.7 Å². The van der Waals surface area contributed by atoms with Gasteiger partial charge in [-0.05, 0) is 43.5 Å². The van der Waals surface area contributed by atoms with Crippen LogP contribution in [0.2, 0.25) is 0 Å². The molecule has 0 spiro atoms. The van der Waals surface area contributed by atoms with E-state index in [9.17, 15) is 13.6 Å². The summed E-state index contributed by atoms with van der Waals surface area (Å²) in [6.07, 6.45) is 2.33. The van der Waals surface area contributed by atoms with Gasteiger partial charge in [0.15, 0.2) is 17.3 Å². The lowest BCUT2D eigenvalue weighted by Gasteiger charge is -2.19. The molecule has 1 aromatic heterocycles. The molecule has 1 amide bonds. The zero-order valence-corrected chi connectivity index (χ0v) is 17.6. The summed E-state index contributed by atoms with van der Waals surface area (Å²) < 4.78 is 39.3. The molecule has 1 aliphatic carbocycles. The summed E-state index contributed by atoms with van der Waals surface area (Å²) in [5, 5.41) is 4.49. The van der Waals surface area contributed by atoms with Crippen molar-refractivity contribution in [3.05, 3.63) is 70.5 Å². The molecule has 8 heteroatoms. The predicted molar refractivity (Wildman–Crippen MR) is 111 cm³/mol. The van der Waals surface area contributed by atoms with E-state index >= 15 is 0 Å². The molecule has 3 aromatic rings. The zero-order valence-electron chi connectivity index (χ0n) is 17.6. The molecular weight excluding hydrogens is 404 g/mol. The van der Waals surface area contributed by atoms with Gasteiger partial charge in [0, 0.05) is 42.5 Å². The van der Waals surface area contributed by atoms with E-state index in [1.165, 1.54) is 6.07 Å². The first-order valence-corrected chi connectivity index (χ1v) is 9.95. The molecule has 1 aliphatic rings. The lowest BCUT2D eigenvalue weighted by molar-refractivity contribution is 0.0777. The second-order valence-electron chi connectivity index (χ2n) is 7.48. The minimum Gasteiger partial charge on any atom is -0.497 e. The zero-order chi connectivity index (χ0) is 22.1. The first kappa shape index (κ1) is 20.8. The van der Waals surface area contributed by atoms with E-state index in [4.69, 9.17) is 9.47 Å². The van der Waals surface area contributed by atoms with Crippen LogP contribution in [0.25, 0.3) is 5.69 Å². The Bertz CT molecular complexity index is 1140. The minimum absolute atomic E-state index is 0.239. The highest BCUT2D eigenvalue weighted by atomic mass is 19.2. The van der Waals surface area contributed by atoms with Crippen molar-refractivity contribution in [3.8, 4) is 17.2 Å². The lowest BCUT2D eigenvalue weighted by atomic mass is 10.1. The average Bonchev–Trinajstić information content (AvgIpc) is 3.38. The first-order valence-electron chi connectivity index (χ1n) is 9.95. The maximum atomic E-state index is 13.8. The van der Waals surface area contributed by atoms with Crippen LogP contribution < -0.4 is 9.47 Å². The summed E-state index contributed by atoms with van der Waals surface area (Å²) in [6, 6.07) is 9.06. The molecule has 0 atom stereocenters. The molecule has 0 radical (unpaired) electrons. The highest BCUT2D eigenvalue weighted by Gasteiger charge is 2.29. The Morgan fingerprint density at radius 3 is 2.61 bits per heavy atom. The average molecular weight is 427 g/mol. The van der Waals surface area contributed by atoms with Crippen LogP contribution in [0.1, 0.15) is 33.7 Å². The minimum atomic E-state index is -0.948. The first-order chi connectivity index (χ1) is 14.9. The summed E-state index contributed by atoms with van der Waals surface area (Å²) in [7, 11) is 4.84. The molecule has 0 unspecified atom stereocenters. The van der Waals surface area contributed by atoms with Crippen LogP contribution in [-0.2, 0) is 19.4 Å². The lowest BCUT2D eigenvalue weighted by Crippen LogP contribution is -2.27. The van der Waals surface area contributed by atoms with Crippen LogP contribution >= 0.6 is 0 Å². The Kier molecular flexibility index (Phi) is 5.63. The number of fused-ring (bicyclic) bond motifs is 1. The predicted octanol–water partition coefficient (Wildman–Crippen LogP) is 3.93. The number of carbonyl (C=O) groups is 1. The van der Waals surface area contributed by atoms with Crippen molar-refractivity contribution >= 4 is 5.91 Å². The summed E-state index contributed by atoms with van der Waals surface area (Å²) in [6.45, 7) is 0.318. The van der Waals surface area contributed by atoms with Crippen LogP contribution in [0.15, 0.2) is 36.4 Å². The molecule has 0 fully saturated rings. The number of rotatable bonds is 6. The highest BCUT2D eigenvalue weighted by Crippen LogP contribution is 2.30. The fraction of sp³-hybridized carbons (Fsp3) is 0.304. The fourth-order valence-electron chi connectivity index (χ4n) is 3.93. The van der Waals surface area contributed by atoms with E-state index < -0.39 is 11.6 Å². The molecule has 162 valence electrons. The number of nitrogens with zero attached hydrogens (tertiary/aromatic N) is 3. The molecule has 0 saturated carbocycles. The number of benzene rings is 2. The van der Waals surface area contributed by atoms with Crippen molar-refractivity contribution in [2.24, 2.45) is 0 Å². The summed E-state index contributed by atoms with van der Waals surface area (Å²) >= 11 is 0. The number of ether oxygens (including phenoxy) is 2. The molecule has 6 nitrogen and oxygen atoms in total. The number of amides is 1. The normalized spacial score (nSPS) is 12.5. The molecule has 0 bridgehead atoms. The second kappa shape index (κ2) is 8.37. The van der Waals surface area contributed by atoms with Gasteiger partial charge in [0.25, 0.3) is 5.91 Å². The number of hydrogen-bond donors (Lipinski definition) is 0. The molecule has 0 N–H and O–H groups in total. The topological polar surface area (TPSA) is 56.6 Å². The molecular formula is C23H23F2N3O3. The van der Waals surface area contributed by atoms with Crippen molar-refractivity contribution in [2.75, 3.05) is 21.3 Å². The summed E-state index contributed by atoms with van der Waals surface area (Å²) in [5.41, 5.74) is 3.30.